The zero-order chi connectivity index (χ0) is 22.6. The quantitative estimate of drug-likeness (QED) is 0.627. The minimum absolute atomic E-state index is 0.0367. The van der Waals surface area contributed by atoms with Crippen LogP contribution in [0.25, 0.3) is 0 Å². The van der Waals surface area contributed by atoms with E-state index in [0.717, 1.165) is 5.56 Å². The number of carbonyl (C=O) groups excluding carboxylic acids is 1. The van der Waals surface area contributed by atoms with Crippen LogP contribution in [0, 0.1) is 5.41 Å². The van der Waals surface area contributed by atoms with E-state index in [0.29, 0.717) is 18.5 Å². The second kappa shape index (κ2) is 9.26. The van der Waals surface area contributed by atoms with Crippen molar-refractivity contribution in [3.8, 4) is 5.75 Å². The molecule has 2 aromatic rings. The number of phenols is 1. The van der Waals surface area contributed by atoms with Crippen LogP contribution < -0.4 is 5.32 Å². The summed E-state index contributed by atoms with van der Waals surface area (Å²) < 4.78 is 41.4. The molecule has 1 fully saturated rings. The molecular weight excluding hydrogens is 407 g/mol. The normalized spacial score (nSPS) is 17.2. The van der Waals surface area contributed by atoms with Gasteiger partial charge in [-0.1, -0.05) is 12.1 Å². The average Bonchev–Trinajstić information content (AvgIpc) is 3.53. The number of aromatic nitrogens is 1. The van der Waals surface area contributed by atoms with Crippen LogP contribution in [0.2, 0.25) is 0 Å². The van der Waals surface area contributed by atoms with Crippen LogP contribution >= 0.6 is 0 Å². The first-order chi connectivity index (χ1) is 14.6. The second-order valence-electron chi connectivity index (χ2n) is 8.48. The molecule has 3 rings (SSSR count). The summed E-state index contributed by atoms with van der Waals surface area (Å²) in [6.45, 7) is 0.314. The van der Waals surface area contributed by atoms with Crippen LogP contribution in [-0.4, -0.2) is 53.8 Å². The molecule has 168 valence electrons. The summed E-state index contributed by atoms with van der Waals surface area (Å²) in [5.74, 6) is -1.14. The second-order valence-corrected chi connectivity index (χ2v) is 8.48. The van der Waals surface area contributed by atoms with Crippen LogP contribution in [0.4, 0.5) is 13.2 Å². The number of hydrogen-bond donors (Lipinski definition) is 2. The number of alkyl halides is 3. The van der Waals surface area contributed by atoms with Crippen LogP contribution in [-0.2, 0) is 11.2 Å². The van der Waals surface area contributed by atoms with Gasteiger partial charge in [0.25, 0.3) is 0 Å². The van der Waals surface area contributed by atoms with Crippen molar-refractivity contribution >= 4 is 5.91 Å². The molecular formula is C23H28F3N3O2. The van der Waals surface area contributed by atoms with Gasteiger partial charge in [-0.05, 0) is 68.8 Å². The Balaban J connectivity index is 1.67. The summed E-state index contributed by atoms with van der Waals surface area (Å²) in [5, 5.41) is 12.3. The molecule has 0 aliphatic heterocycles. The summed E-state index contributed by atoms with van der Waals surface area (Å²) in [6, 6.07) is 9.93. The number of rotatable bonds is 9. The van der Waals surface area contributed by atoms with Gasteiger partial charge in [-0.15, -0.1) is 0 Å². The predicted octanol–water partition coefficient (Wildman–Crippen LogP) is 3.89. The van der Waals surface area contributed by atoms with Gasteiger partial charge in [0.15, 0.2) is 0 Å². The van der Waals surface area contributed by atoms with E-state index < -0.39 is 23.4 Å². The number of phenolic OH excluding ortho intramolecular Hbond substituents is 1. The zero-order valence-corrected chi connectivity index (χ0v) is 17.7. The van der Waals surface area contributed by atoms with Gasteiger partial charge in [0.2, 0.25) is 5.91 Å². The van der Waals surface area contributed by atoms with E-state index in [-0.39, 0.29) is 31.1 Å². The molecule has 1 unspecified atom stereocenters. The van der Waals surface area contributed by atoms with E-state index in [1.165, 1.54) is 12.4 Å². The van der Waals surface area contributed by atoms with Crippen LogP contribution in [0.3, 0.4) is 0 Å². The number of amides is 1. The number of aromatic hydroxyl groups is 1. The molecule has 0 saturated heterocycles. The summed E-state index contributed by atoms with van der Waals surface area (Å²) >= 11 is 0. The largest absolute Gasteiger partial charge is 0.508 e. The Bertz CT molecular complexity index is 866. The lowest BCUT2D eigenvalue weighted by Gasteiger charge is -2.30. The summed E-state index contributed by atoms with van der Waals surface area (Å²) in [7, 11) is 3.78. The number of nitrogens with zero attached hydrogens (tertiary/aromatic N) is 2. The van der Waals surface area contributed by atoms with Crippen LogP contribution in [0.5, 0.6) is 5.75 Å². The lowest BCUT2D eigenvalue weighted by atomic mass is 9.80. The molecule has 1 heterocycles. The van der Waals surface area contributed by atoms with Crippen LogP contribution in [0.15, 0.2) is 48.8 Å². The molecule has 2 atom stereocenters. The minimum atomic E-state index is -4.35. The first-order valence-electron chi connectivity index (χ1n) is 10.3. The highest BCUT2D eigenvalue weighted by Gasteiger charge is 2.67. The Hall–Kier alpha value is -2.61. The number of pyridine rings is 1. The molecule has 8 heteroatoms. The van der Waals surface area contributed by atoms with Crippen LogP contribution in [0.1, 0.15) is 36.3 Å². The van der Waals surface area contributed by atoms with E-state index in [2.05, 4.69) is 10.3 Å². The number of halogens is 3. The maximum absolute atomic E-state index is 13.8. The lowest BCUT2D eigenvalue weighted by molar-refractivity contribution is -0.194. The number of nitrogens with one attached hydrogen (secondary N) is 1. The summed E-state index contributed by atoms with van der Waals surface area (Å²) in [5.41, 5.74) is -0.346. The van der Waals surface area contributed by atoms with Crippen molar-refractivity contribution in [2.24, 2.45) is 5.41 Å². The Morgan fingerprint density at radius 2 is 1.77 bits per heavy atom. The van der Waals surface area contributed by atoms with Gasteiger partial charge in [0.05, 0.1) is 5.41 Å². The monoisotopic (exact) mass is 435 g/mol. The molecule has 0 bridgehead atoms. The standard InChI is InChI=1S/C23H28F3N3O2/c1-29(2)18(13-16-3-5-19(30)6-4-16)15-28-21(31)14-20(17-7-11-27-12-8-17)22(9-10-22)23(24,25)26/h3-8,11-12,18,20,30H,9-10,13-15H2,1-2H3,(H,28,31)/t18-,20?/m0/s1. The number of carbonyl (C=O) groups is 1. The molecule has 2 N–H and O–H groups in total. The third-order valence-corrected chi connectivity index (χ3v) is 6.19. The predicted molar refractivity (Wildman–Crippen MR) is 112 cm³/mol. The molecule has 31 heavy (non-hydrogen) atoms. The van der Waals surface area contributed by atoms with Crippen molar-refractivity contribution in [1.29, 1.82) is 0 Å². The SMILES string of the molecule is CN(C)[C@H](CNC(=O)CC(c1ccncc1)C1(C(F)(F)F)CC1)Cc1ccc(O)cc1. The fourth-order valence-electron chi connectivity index (χ4n) is 4.02. The van der Waals surface area contributed by atoms with Gasteiger partial charge in [0.1, 0.15) is 5.75 Å². The zero-order valence-electron chi connectivity index (χ0n) is 17.7. The molecule has 0 spiro atoms. The topological polar surface area (TPSA) is 65.5 Å². The van der Waals surface area contributed by atoms with E-state index in [4.69, 9.17) is 0 Å². The molecule has 1 saturated carbocycles. The molecule has 1 aromatic heterocycles. The van der Waals surface area contributed by atoms with Gasteiger partial charge in [-0.3, -0.25) is 9.78 Å². The van der Waals surface area contributed by atoms with Crippen molar-refractivity contribution in [3.63, 3.8) is 0 Å². The van der Waals surface area contributed by atoms with E-state index in [1.54, 1.807) is 24.3 Å². The van der Waals surface area contributed by atoms with Crippen molar-refractivity contribution in [2.75, 3.05) is 20.6 Å². The number of likely N-dealkylation sites (N-methyl/N-ethyl adjacent to an activating group) is 1. The minimum Gasteiger partial charge on any atom is -0.508 e. The average molecular weight is 435 g/mol. The lowest BCUT2D eigenvalue weighted by Crippen LogP contribution is -2.42. The summed E-state index contributed by atoms with van der Waals surface area (Å²) in [4.78, 5) is 18.6. The van der Waals surface area contributed by atoms with Gasteiger partial charge < -0.3 is 15.3 Å². The Labute approximate surface area is 180 Å². The third kappa shape index (κ3) is 5.55. The summed E-state index contributed by atoms with van der Waals surface area (Å²) in [6.07, 6.45) is -0.933. The first-order valence-corrected chi connectivity index (χ1v) is 10.3. The number of hydrogen-bond acceptors (Lipinski definition) is 4. The Morgan fingerprint density at radius 3 is 2.29 bits per heavy atom. The fraction of sp³-hybridized carbons (Fsp3) is 0.478. The molecule has 0 radical (unpaired) electrons. The van der Waals surface area contributed by atoms with E-state index >= 15 is 0 Å². The van der Waals surface area contributed by atoms with Crippen molar-refractivity contribution in [1.82, 2.24) is 15.2 Å². The highest BCUT2D eigenvalue weighted by molar-refractivity contribution is 5.77. The van der Waals surface area contributed by atoms with Gasteiger partial charge in [0, 0.05) is 37.3 Å². The molecule has 1 amide bonds. The molecule has 1 aliphatic rings. The Morgan fingerprint density at radius 1 is 1.16 bits per heavy atom. The third-order valence-electron chi connectivity index (χ3n) is 6.19. The van der Waals surface area contributed by atoms with Crippen molar-refractivity contribution in [3.05, 3.63) is 59.9 Å². The maximum atomic E-state index is 13.8. The number of benzene rings is 1. The van der Waals surface area contributed by atoms with E-state index in [1.807, 2.05) is 31.1 Å². The van der Waals surface area contributed by atoms with Crippen molar-refractivity contribution in [2.45, 2.75) is 43.8 Å². The molecule has 1 aliphatic carbocycles. The smallest absolute Gasteiger partial charge is 0.395 e. The Kier molecular flexibility index (Phi) is 6.89. The van der Waals surface area contributed by atoms with Gasteiger partial charge in [-0.2, -0.15) is 13.2 Å². The fourth-order valence-corrected chi connectivity index (χ4v) is 4.02. The van der Waals surface area contributed by atoms with Gasteiger partial charge >= 0.3 is 6.18 Å². The van der Waals surface area contributed by atoms with E-state index in [9.17, 15) is 23.1 Å². The first kappa shape index (κ1) is 23.1. The highest BCUT2D eigenvalue weighted by atomic mass is 19.4. The van der Waals surface area contributed by atoms with Crippen molar-refractivity contribution < 1.29 is 23.1 Å². The molecule has 1 aromatic carbocycles. The molecule has 5 nitrogen and oxygen atoms in total. The maximum Gasteiger partial charge on any atom is 0.395 e. The highest BCUT2D eigenvalue weighted by Crippen LogP contribution is 2.66. The van der Waals surface area contributed by atoms with Gasteiger partial charge in [-0.25, -0.2) is 0 Å².